The fourth-order valence-corrected chi connectivity index (χ4v) is 5.57. The molecule has 0 N–H and O–H groups in total. The van der Waals surface area contributed by atoms with E-state index >= 15 is 0 Å². The number of aryl methyl sites for hydroxylation is 1. The quantitative estimate of drug-likeness (QED) is 0.140. The lowest BCUT2D eigenvalue weighted by molar-refractivity contribution is 0.262. The van der Waals surface area contributed by atoms with Gasteiger partial charge in [0.25, 0.3) is 0 Å². The Hall–Kier alpha value is -2.66. The van der Waals surface area contributed by atoms with Crippen LogP contribution in [0, 0.1) is 0 Å². The van der Waals surface area contributed by atoms with Gasteiger partial charge >= 0.3 is 0 Å². The van der Waals surface area contributed by atoms with Crippen molar-refractivity contribution < 1.29 is 9.47 Å². The van der Waals surface area contributed by atoms with Crippen molar-refractivity contribution in [1.29, 1.82) is 0 Å². The van der Waals surface area contributed by atoms with Crippen molar-refractivity contribution in [3.63, 3.8) is 0 Å². The zero-order valence-electron chi connectivity index (χ0n) is 23.6. The molecule has 0 amide bonds. The Morgan fingerprint density at radius 2 is 1.51 bits per heavy atom. The maximum Gasteiger partial charge on any atom is 0.162 e. The number of ether oxygens (including phenoxy) is 2. The number of rotatable bonds is 16. The summed E-state index contributed by atoms with van der Waals surface area (Å²) in [4.78, 5) is 9.52. The first-order chi connectivity index (χ1) is 18.0. The lowest BCUT2D eigenvalue weighted by Crippen LogP contribution is -2.31. The molecular formula is C32H45N2O2Si. The lowest BCUT2D eigenvalue weighted by Gasteiger charge is -2.23. The van der Waals surface area contributed by atoms with Gasteiger partial charge in [0, 0.05) is 18.0 Å². The summed E-state index contributed by atoms with van der Waals surface area (Å²) < 4.78 is 12.5. The zero-order valence-corrected chi connectivity index (χ0v) is 24.6. The van der Waals surface area contributed by atoms with E-state index in [1.165, 1.54) is 37.7 Å². The van der Waals surface area contributed by atoms with Gasteiger partial charge in [-0.2, -0.15) is 0 Å². The fraction of sp³-hybridized carbons (Fsp3) is 0.500. The molecule has 0 aliphatic carbocycles. The monoisotopic (exact) mass is 517 g/mol. The second-order valence-electron chi connectivity index (χ2n) is 10.1. The van der Waals surface area contributed by atoms with Crippen LogP contribution in [0.25, 0.3) is 22.5 Å². The number of nitrogens with zero attached hydrogens (tertiary/aromatic N) is 2. The third-order valence-corrected chi connectivity index (χ3v) is 8.37. The number of benzene rings is 2. The molecule has 3 rings (SSSR count). The molecule has 4 nitrogen and oxygen atoms in total. The maximum atomic E-state index is 6.66. The molecule has 199 valence electrons. The minimum absolute atomic E-state index is 0.279. The lowest BCUT2D eigenvalue weighted by atomic mass is 10.0. The van der Waals surface area contributed by atoms with Gasteiger partial charge in [-0.05, 0) is 61.1 Å². The molecule has 1 heterocycles. The van der Waals surface area contributed by atoms with Crippen LogP contribution < -0.4 is 9.47 Å². The molecular weight excluding hydrogens is 472 g/mol. The van der Waals surface area contributed by atoms with E-state index in [9.17, 15) is 0 Å². The third-order valence-electron chi connectivity index (χ3n) is 6.68. The van der Waals surface area contributed by atoms with Gasteiger partial charge in [-0.1, -0.05) is 84.2 Å². The standard InChI is InChI=1S/C32H45N2O2Si/c1-6-9-11-12-21-35-28-18-16-26(17-19-28)27-23-33-32(34-24-27)29-20-15-25(14-10-7-2)22-30(29)36-31(13-8-3)37(4)5/h15-20,22-24,31H,6-14,21H2,1-5H3. The van der Waals surface area contributed by atoms with Crippen LogP contribution in [0.2, 0.25) is 13.1 Å². The molecule has 0 saturated heterocycles. The van der Waals surface area contributed by atoms with E-state index < -0.39 is 8.80 Å². The van der Waals surface area contributed by atoms with Gasteiger partial charge in [0.1, 0.15) is 11.5 Å². The maximum absolute atomic E-state index is 6.66. The topological polar surface area (TPSA) is 44.2 Å². The largest absolute Gasteiger partial charge is 0.494 e. The van der Waals surface area contributed by atoms with E-state index in [1.807, 2.05) is 24.5 Å². The average molecular weight is 518 g/mol. The van der Waals surface area contributed by atoms with Gasteiger partial charge in [0.15, 0.2) is 5.82 Å². The van der Waals surface area contributed by atoms with E-state index in [4.69, 9.17) is 19.4 Å². The number of aromatic nitrogens is 2. The first kappa shape index (κ1) is 28.9. The van der Waals surface area contributed by atoms with Crippen molar-refractivity contribution in [3.05, 3.63) is 60.4 Å². The SMILES string of the molecule is CCCCCCOc1ccc(-c2cnc(-c3ccc(CCCC)cc3OC(CCC)[Si](C)C)nc2)cc1. The predicted molar refractivity (Wildman–Crippen MR) is 158 cm³/mol. The summed E-state index contributed by atoms with van der Waals surface area (Å²) >= 11 is 0. The highest BCUT2D eigenvalue weighted by Gasteiger charge is 2.19. The van der Waals surface area contributed by atoms with Gasteiger partial charge in [-0.25, -0.2) is 9.97 Å². The summed E-state index contributed by atoms with van der Waals surface area (Å²) in [7, 11) is -0.590. The van der Waals surface area contributed by atoms with E-state index in [2.05, 4.69) is 64.2 Å². The summed E-state index contributed by atoms with van der Waals surface area (Å²) in [6, 6.07) is 14.8. The number of hydrogen-bond acceptors (Lipinski definition) is 4. The van der Waals surface area contributed by atoms with Crippen molar-refractivity contribution in [1.82, 2.24) is 9.97 Å². The van der Waals surface area contributed by atoms with Crippen LogP contribution >= 0.6 is 0 Å². The Kier molecular flexibility index (Phi) is 12.2. The molecule has 1 atom stereocenters. The first-order valence-electron chi connectivity index (χ1n) is 14.2. The summed E-state index contributed by atoms with van der Waals surface area (Å²) in [5.41, 5.74) is 4.66. The Balaban J connectivity index is 1.76. The summed E-state index contributed by atoms with van der Waals surface area (Å²) in [6.07, 6.45) is 14.3. The van der Waals surface area contributed by atoms with E-state index in [0.29, 0.717) is 5.82 Å². The second kappa shape index (κ2) is 15.6. The molecule has 5 heteroatoms. The molecule has 2 aromatic carbocycles. The Labute approximate surface area is 226 Å². The third kappa shape index (κ3) is 8.99. The smallest absolute Gasteiger partial charge is 0.162 e. The van der Waals surface area contributed by atoms with E-state index in [-0.39, 0.29) is 5.73 Å². The van der Waals surface area contributed by atoms with Gasteiger partial charge in [0.05, 0.1) is 26.7 Å². The van der Waals surface area contributed by atoms with E-state index in [1.54, 1.807) is 0 Å². The highest BCUT2D eigenvalue weighted by Crippen LogP contribution is 2.32. The Bertz CT molecular complexity index is 1050. The molecule has 37 heavy (non-hydrogen) atoms. The normalized spacial score (nSPS) is 12.1. The second-order valence-corrected chi connectivity index (χ2v) is 12.9. The molecule has 0 fully saturated rings. The molecule has 1 aromatic heterocycles. The van der Waals surface area contributed by atoms with Crippen molar-refractivity contribution in [2.24, 2.45) is 0 Å². The van der Waals surface area contributed by atoms with Crippen LogP contribution in [0.4, 0.5) is 0 Å². The number of unbranched alkanes of at least 4 members (excludes halogenated alkanes) is 4. The van der Waals surface area contributed by atoms with Crippen molar-refractivity contribution in [3.8, 4) is 34.0 Å². The molecule has 1 radical (unpaired) electrons. The zero-order chi connectivity index (χ0) is 26.5. The summed E-state index contributed by atoms with van der Waals surface area (Å²) in [5.74, 6) is 2.55. The van der Waals surface area contributed by atoms with Crippen LogP contribution in [-0.4, -0.2) is 31.1 Å². The average Bonchev–Trinajstić information content (AvgIpc) is 2.92. The predicted octanol–water partition coefficient (Wildman–Crippen LogP) is 8.95. The van der Waals surface area contributed by atoms with Crippen molar-refractivity contribution in [2.75, 3.05) is 6.61 Å². The van der Waals surface area contributed by atoms with E-state index in [0.717, 1.165) is 60.5 Å². The van der Waals surface area contributed by atoms with Crippen LogP contribution in [0.5, 0.6) is 11.5 Å². The Morgan fingerprint density at radius 1 is 0.784 bits per heavy atom. The van der Waals surface area contributed by atoms with Gasteiger partial charge < -0.3 is 9.47 Å². The molecule has 0 bridgehead atoms. The molecule has 1 unspecified atom stereocenters. The fourth-order valence-electron chi connectivity index (χ4n) is 4.34. The van der Waals surface area contributed by atoms with Gasteiger partial charge in [0.2, 0.25) is 0 Å². The van der Waals surface area contributed by atoms with Crippen LogP contribution in [0.3, 0.4) is 0 Å². The van der Waals surface area contributed by atoms with Crippen LogP contribution in [0.15, 0.2) is 54.9 Å². The van der Waals surface area contributed by atoms with Crippen LogP contribution in [0.1, 0.15) is 77.7 Å². The van der Waals surface area contributed by atoms with Crippen LogP contribution in [-0.2, 0) is 6.42 Å². The minimum Gasteiger partial charge on any atom is -0.494 e. The van der Waals surface area contributed by atoms with Crippen molar-refractivity contribution in [2.45, 2.75) is 97.4 Å². The highest BCUT2D eigenvalue weighted by molar-refractivity contribution is 6.57. The molecule has 3 aromatic rings. The molecule has 0 spiro atoms. The highest BCUT2D eigenvalue weighted by atomic mass is 28.3. The molecule has 0 aliphatic heterocycles. The first-order valence-corrected chi connectivity index (χ1v) is 16.8. The summed E-state index contributed by atoms with van der Waals surface area (Å²) in [6.45, 7) is 12.1. The molecule has 0 saturated carbocycles. The van der Waals surface area contributed by atoms with Gasteiger partial charge in [-0.3, -0.25) is 0 Å². The number of hydrogen-bond donors (Lipinski definition) is 0. The minimum atomic E-state index is -0.590. The molecule has 0 aliphatic rings. The van der Waals surface area contributed by atoms with Crippen molar-refractivity contribution >= 4 is 8.80 Å². The summed E-state index contributed by atoms with van der Waals surface area (Å²) in [5, 5.41) is 0. The Morgan fingerprint density at radius 3 is 2.16 bits per heavy atom. The van der Waals surface area contributed by atoms with Gasteiger partial charge in [-0.15, -0.1) is 0 Å².